The Hall–Kier alpha value is -0.791. The van der Waals surface area contributed by atoms with E-state index in [0.29, 0.717) is 0 Å². The van der Waals surface area contributed by atoms with Crippen molar-refractivity contribution in [3.05, 3.63) is 108 Å². The predicted molar refractivity (Wildman–Crippen MR) is 107 cm³/mol. The highest BCUT2D eigenvalue weighted by Gasteiger charge is 2.33. The van der Waals surface area contributed by atoms with Gasteiger partial charge in [-0.25, -0.2) is 0 Å². The zero-order valence-corrected chi connectivity index (χ0v) is 12.3. The highest BCUT2D eigenvalue weighted by atomic mass is 35.5. The summed E-state index contributed by atoms with van der Waals surface area (Å²) in [6.45, 7) is 0. The molecule has 1 N–H and O–H groups in total. The molecule has 23 heavy (non-hydrogen) atoms. The molecule has 0 saturated heterocycles. The SMILES string of the molecule is Cl.OC(c1ccccc1)(c1ccccc1)c1ccccc1.[AlH3].[MgH2]. The Morgan fingerprint density at radius 1 is 0.522 bits per heavy atom. The second kappa shape index (κ2) is 10.2. The minimum atomic E-state index is -1.12. The molecule has 0 heterocycles. The summed E-state index contributed by atoms with van der Waals surface area (Å²) in [6, 6.07) is 29.3. The van der Waals surface area contributed by atoms with Crippen molar-refractivity contribution < 1.29 is 5.11 Å². The van der Waals surface area contributed by atoms with Gasteiger partial charge in [-0.15, -0.1) is 12.4 Å². The molecule has 0 saturated carbocycles. The van der Waals surface area contributed by atoms with Gasteiger partial charge in [0.15, 0.2) is 17.4 Å². The zero-order chi connectivity index (χ0) is 13.8. The zero-order valence-electron chi connectivity index (χ0n) is 11.5. The van der Waals surface area contributed by atoms with Gasteiger partial charge >= 0.3 is 23.1 Å². The van der Waals surface area contributed by atoms with Gasteiger partial charge in [-0.3, -0.25) is 0 Å². The van der Waals surface area contributed by atoms with Crippen molar-refractivity contribution in [2.24, 2.45) is 0 Å². The van der Waals surface area contributed by atoms with Crippen LogP contribution in [0.2, 0.25) is 0 Å². The largest absolute Gasteiger partial charge is 0.376 e. The molecule has 3 rings (SSSR count). The van der Waals surface area contributed by atoms with Gasteiger partial charge in [0.05, 0.1) is 0 Å². The molecular weight excluding hydrogens is 331 g/mol. The van der Waals surface area contributed by atoms with Crippen molar-refractivity contribution >= 4 is 52.8 Å². The second-order valence-corrected chi connectivity index (χ2v) is 4.81. The fraction of sp³-hybridized carbons (Fsp3) is 0.0526. The summed E-state index contributed by atoms with van der Waals surface area (Å²) in [4.78, 5) is 0. The fourth-order valence-corrected chi connectivity index (χ4v) is 2.54. The van der Waals surface area contributed by atoms with Gasteiger partial charge in [0.25, 0.3) is 0 Å². The summed E-state index contributed by atoms with van der Waals surface area (Å²) in [6.07, 6.45) is 0. The normalized spacial score (nSPS) is 9.78. The number of halogens is 1. The van der Waals surface area contributed by atoms with Gasteiger partial charge in [0.2, 0.25) is 0 Å². The Labute approximate surface area is 170 Å². The molecule has 0 amide bonds. The Kier molecular flexibility index (Phi) is 9.80. The standard InChI is InChI=1S/C19H16O.Al.ClH.Mg.5H/c20-19(16-10-4-1-5-11-16,17-12-6-2-7-13-17)18-14-8-3-9-15-18;;;;;;;;/h1-15,20H;;1H;;;;;;. The molecule has 4 heteroatoms. The third-order valence-electron chi connectivity index (χ3n) is 3.57. The van der Waals surface area contributed by atoms with E-state index in [1.165, 1.54) is 0 Å². The summed E-state index contributed by atoms with van der Waals surface area (Å²) >= 11 is 0. The molecule has 3 aromatic carbocycles. The van der Waals surface area contributed by atoms with Crippen LogP contribution in [0.15, 0.2) is 91.0 Å². The van der Waals surface area contributed by atoms with Crippen LogP contribution in [0.25, 0.3) is 0 Å². The number of hydrogen-bond donors (Lipinski definition) is 1. The first-order valence-electron chi connectivity index (χ1n) is 6.71. The van der Waals surface area contributed by atoms with Crippen LogP contribution in [0.4, 0.5) is 0 Å². The quantitative estimate of drug-likeness (QED) is 0.566. The average Bonchev–Trinajstić information content (AvgIpc) is 2.56. The van der Waals surface area contributed by atoms with Gasteiger partial charge in [0.1, 0.15) is 5.60 Å². The monoisotopic (exact) mass is 352 g/mol. The van der Waals surface area contributed by atoms with E-state index < -0.39 is 5.60 Å². The van der Waals surface area contributed by atoms with Gasteiger partial charge in [-0.2, -0.15) is 0 Å². The number of rotatable bonds is 3. The fourth-order valence-electron chi connectivity index (χ4n) is 2.54. The van der Waals surface area contributed by atoms with Crippen LogP contribution in [0.3, 0.4) is 0 Å². The lowest BCUT2D eigenvalue weighted by atomic mass is 9.80. The molecule has 3 aromatic rings. The number of aliphatic hydroxyl groups is 1. The van der Waals surface area contributed by atoms with E-state index in [4.69, 9.17) is 0 Å². The van der Waals surface area contributed by atoms with Crippen LogP contribution in [-0.2, 0) is 5.60 Å². The summed E-state index contributed by atoms with van der Waals surface area (Å²) < 4.78 is 0. The van der Waals surface area contributed by atoms with Gasteiger partial charge in [0, 0.05) is 0 Å². The third-order valence-corrected chi connectivity index (χ3v) is 3.57. The van der Waals surface area contributed by atoms with E-state index in [1.807, 2.05) is 91.0 Å². The molecule has 0 unspecified atom stereocenters. The van der Waals surface area contributed by atoms with E-state index in [0.717, 1.165) is 16.7 Å². The lowest BCUT2D eigenvalue weighted by Gasteiger charge is -2.30. The maximum atomic E-state index is 11.4. The van der Waals surface area contributed by atoms with E-state index in [-0.39, 0.29) is 52.8 Å². The van der Waals surface area contributed by atoms with Crippen molar-refractivity contribution in [1.82, 2.24) is 0 Å². The summed E-state index contributed by atoms with van der Waals surface area (Å²) in [5, 5.41) is 11.4. The molecule has 0 aliphatic rings. The molecule has 0 aromatic heterocycles. The van der Waals surface area contributed by atoms with Crippen molar-refractivity contribution in [3.63, 3.8) is 0 Å². The van der Waals surface area contributed by atoms with E-state index in [2.05, 4.69) is 0 Å². The summed E-state index contributed by atoms with van der Waals surface area (Å²) in [7, 11) is 0. The Morgan fingerprint density at radius 2 is 0.739 bits per heavy atom. The maximum Gasteiger partial charge on any atom is 0.316 e. The van der Waals surface area contributed by atoms with Gasteiger partial charge < -0.3 is 5.11 Å². The van der Waals surface area contributed by atoms with Crippen molar-refractivity contribution in [3.8, 4) is 0 Å². The Balaban J connectivity index is 0.00000161. The molecule has 0 aliphatic carbocycles. The molecule has 0 spiro atoms. The van der Waals surface area contributed by atoms with Crippen molar-refractivity contribution in [1.29, 1.82) is 0 Å². The first kappa shape index (κ1) is 22.2. The minimum absolute atomic E-state index is 0. The summed E-state index contributed by atoms with van der Waals surface area (Å²) in [5.41, 5.74) is 1.50. The first-order chi connectivity index (χ1) is 9.82. The van der Waals surface area contributed by atoms with Crippen LogP contribution in [0.1, 0.15) is 16.7 Å². The van der Waals surface area contributed by atoms with Crippen molar-refractivity contribution in [2.45, 2.75) is 5.60 Å². The van der Waals surface area contributed by atoms with Gasteiger partial charge in [-0.05, 0) is 16.7 Å². The average molecular weight is 353 g/mol. The minimum Gasteiger partial charge on any atom is -0.376 e. The summed E-state index contributed by atoms with van der Waals surface area (Å²) in [5.74, 6) is 0. The van der Waals surface area contributed by atoms with E-state index in [1.54, 1.807) is 0 Å². The highest BCUT2D eigenvalue weighted by molar-refractivity contribution is 5.85. The Bertz CT molecular complexity index is 581. The van der Waals surface area contributed by atoms with Crippen LogP contribution in [-0.4, -0.2) is 45.5 Å². The van der Waals surface area contributed by atoms with Crippen LogP contribution >= 0.6 is 12.4 Å². The van der Waals surface area contributed by atoms with Crippen LogP contribution in [0, 0.1) is 0 Å². The number of benzene rings is 3. The first-order valence-corrected chi connectivity index (χ1v) is 6.71. The third kappa shape index (κ3) is 4.61. The van der Waals surface area contributed by atoms with Crippen molar-refractivity contribution in [2.75, 3.05) is 0 Å². The molecule has 0 bridgehead atoms. The van der Waals surface area contributed by atoms with Crippen LogP contribution in [0.5, 0.6) is 0 Å². The molecule has 0 aliphatic heterocycles. The lowest BCUT2D eigenvalue weighted by Crippen LogP contribution is -2.28. The molecule has 116 valence electrons. The predicted octanol–water partition coefficient (Wildman–Crippen LogP) is 2.29. The molecule has 0 atom stereocenters. The molecule has 0 radical (unpaired) electrons. The van der Waals surface area contributed by atoms with E-state index in [9.17, 15) is 5.11 Å². The smallest absolute Gasteiger partial charge is 0.316 e. The second-order valence-electron chi connectivity index (χ2n) is 4.81. The Morgan fingerprint density at radius 3 is 0.957 bits per heavy atom. The van der Waals surface area contributed by atoms with Gasteiger partial charge in [-0.1, -0.05) is 91.0 Å². The molecular formula is C19H22AlClMgO. The van der Waals surface area contributed by atoms with E-state index >= 15 is 0 Å². The highest BCUT2D eigenvalue weighted by Crippen LogP contribution is 2.36. The maximum absolute atomic E-state index is 11.4. The molecule has 0 fully saturated rings. The lowest BCUT2D eigenvalue weighted by molar-refractivity contribution is 0.125. The van der Waals surface area contributed by atoms with Crippen LogP contribution < -0.4 is 0 Å². The number of hydrogen-bond acceptors (Lipinski definition) is 1. The molecule has 1 nitrogen and oxygen atoms in total. The topological polar surface area (TPSA) is 20.2 Å².